The molecule has 7 nitrogen and oxygen atoms in total. The molecule has 1 aliphatic rings. The van der Waals surface area contributed by atoms with Crippen LogP contribution in [0.1, 0.15) is 87.0 Å². The van der Waals surface area contributed by atoms with E-state index in [2.05, 4.69) is 80.0 Å². The number of anilines is 1. The average Bonchev–Trinajstić information content (AvgIpc) is 3.21. The van der Waals surface area contributed by atoms with Gasteiger partial charge in [-0.1, -0.05) is 106 Å². The van der Waals surface area contributed by atoms with E-state index in [0.29, 0.717) is 22.8 Å². The Balaban J connectivity index is 1.44. The van der Waals surface area contributed by atoms with Crippen LogP contribution in [0.5, 0.6) is 0 Å². The second-order valence-corrected chi connectivity index (χ2v) is 14.8. The average molecular weight is 713 g/mol. The Morgan fingerprint density at radius 3 is 2.43 bits per heavy atom. The fraction of sp³-hybridized carbons (Fsp3) is 0.381. The molecule has 0 aliphatic carbocycles. The largest absolute Gasteiger partial charge is 0.355 e. The Kier molecular flexibility index (Phi) is 13.4. The SMILES string of the molecule is CCCNC(NCCCc1ccccc1)c1cccc(C2OC(CC(=O)NCc3ccccc3F)C(=O)N(CC(C)(C)C)c3ccc(Cl)cc32)c1. The van der Waals surface area contributed by atoms with Gasteiger partial charge in [0.25, 0.3) is 5.91 Å². The van der Waals surface area contributed by atoms with Crippen molar-refractivity contribution in [2.45, 2.75) is 78.3 Å². The molecule has 4 aromatic rings. The summed E-state index contributed by atoms with van der Waals surface area (Å²) < 4.78 is 21.0. The first-order valence-electron chi connectivity index (χ1n) is 17.9. The first-order valence-corrected chi connectivity index (χ1v) is 18.3. The predicted octanol–water partition coefficient (Wildman–Crippen LogP) is 8.27. The van der Waals surface area contributed by atoms with E-state index in [9.17, 15) is 14.0 Å². The number of amides is 2. The molecule has 2 amide bonds. The highest BCUT2D eigenvalue weighted by atomic mass is 35.5. The van der Waals surface area contributed by atoms with Crippen molar-refractivity contribution >= 4 is 29.1 Å². The molecule has 9 heteroatoms. The number of carbonyl (C=O) groups excluding carboxylic acids is 2. The van der Waals surface area contributed by atoms with Gasteiger partial charge in [0.2, 0.25) is 5.91 Å². The lowest BCUT2D eigenvalue weighted by Gasteiger charge is -2.31. The first-order chi connectivity index (χ1) is 24.5. The molecule has 0 aromatic heterocycles. The molecule has 0 fully saturated rings. The second kappa shape index (κ2) is 17.9. The highest BCUT2D eigenvalue weighted by Gasteiger charge is 2.39. The molecule has 5 rings (SSSR count). The van der Waals surface area contributed by atoms with Gasteiger partial charge in [-0.2, -0.15) is 0 Å². The maximum absolute atomic E-state index is 14.4. The third-order valence-corrected chi connectivity index (χ3v) is 9.06. The van der Waals surface area contributed by atoms with Crippen molar-refractivity contribution in [1.82, 2.24) is 16.0 Å². The van der Waals surface area contributed by atoms with Gasteiger partial charge in [-0.25, -0.2) is 4.39 Å². The minimum absolute atomic E-state index is 0.00390. The van der Waals surface area contributed by atoms with Crippen molar-refractivity contribution in [3.8, 4) is 0 Å². The van der Waals surface area contributed by atoms with Crippen LogP contribution in [-0.4, -0.2) is 37.6 Å². The van der Waals surface area contributed by atoms with Gasteiger partial charge < -0.3 is 15.0 Å². The van der Waals surface area contributed by atoms with E-state index >= 15 is 0 Å². The molecule has 1 aliphatic heterocycles. The van der Waals surface area contributed by atoms with Gasteiger partial charge in [0.05, 0.1) is 12.6 Å². The molecule has 270 valence electrons. The molecule has 3 N–H and O–H groups in total. The highest BCUT2D eigenvalue weighted by molar-refractivity contribution is 6.30. The summed E-state index contributed by atoms with van der Waals surface area (Å²) in [5.74, 6) is -1.12. The number of carbonyl (C=O) groups is 2. The normalized spacial score (nSPS) is 16.7. The van der Waals surface area contributed by atoms with Crippen LogP contribution in [0.4, 0.5) is 10.1 Å². The molecule has 51 heavy (non-hydrogen) atoms. The Bertz CT molecular complexity index is 1760. The number of hydrogen-bond acceptors (Lipinski definition) is 5. The Morgan fingerprint density at radius 1 is 0.941 bits per heavy atom. The number of nitrogens with one attached hydrogen (secondary N) is 3. The molecule has 0 bridgehead atoms. The van der Waals surface area contributed by atoms with E-state index in [4.69, 9.17) is 16.3 Å². The smallest absolute Gasteiger partial charge is 0.256 e. The summed E-state index contributed by atoms with van der Waals surface area (Å²) in [7, 11) is 0. The van der Waals surface area contributed by atoms with Crippen LogP contribution in [0.15, 0.2) is 97.1 Å². The van der Waals surface area contributed by atoms with Crippen molar-refractivity contribution < 1.29 is 18.7 Å². The number of rotatable bonds is 15. The second-order valence-electron chi connectivity index (χ2n) is 14.4. The zero-order chi connectivity index (χ0) is 36.4. The number of aryl methyl sites for hydroxylation is 1. The minimum Gasteiger partial charge on any atom is -0.355 e. The standard InChI is InChI=1S/C42H50ClFN4O3/c1-5-22-45-40(46-23-12-15-29-13-7-6-8-14-29)31-18-11-17-30(24-31)39-34-25-33(43)20-21-36(34)48(28-42(2,3)4)41(50)37(51-39)26-38(49)47-27-32-16-9-10-19-35(32)44/h6-11,13-14,16-21,24-25,37,39-40,45-46H,5,12,15,22-23,26-28H2,1-4H3,(H,47,49). The van der Waals surface area contributed by atoms with Crippen LogP contribution in [-0.2, 0) is 27.3 Å². The molecule has 0 saturated heterocycles. The minimum atomic E-state index is -1.10. The van der Waals surface area contributed by atoms with Crippen LogP contribution in [0.3, 0.4) is 0 Å². The maximum atomic E-state index is 14.4. The van der Waals surface area contributed by atoms with Crippen molar-refractivity contribution in [3.63, 3.8) is 0 Å². The summed E-state index contributed by atoms with van der Waals surface area (Å²) in [5, 5.41) is 10.7. The van der Waals surface area contributed by atoms with Crippen LogP contribution in [0, 0.1) is 11.2 Å². The maximum Gasteiger partial charge on any atom is 0.256 e. The first kappa shape index (κ1) is 38.2. The number of ether oxygens (including phenoxy) is 1. The van der Waals surface area contributed by atoms with Crippen LogP contribution in [0.2, 0.25) is 5.02 Å². The Labute approximate surface area is 306 Å². The van der Waals surface area contributed by atoms with E-state index in [1.807, 2.05) is 30.3 Å². The summed E-state index contributed by atoms with van der Waals surface area (Å²) >= 11 is 6.61. The number of benzene rings is 4. The summed E-state index contributed by atoms with van der Waals surface area (Å²) in [6.45, 7) is 10.4. The molecule has 4 aromatic carbocycles. The van der Waals surface area contributed by atoms with Crippen molar-refractivity contribution in [3.05, 3.63) is 136 Å². The van der Waals surface area contributed by atoms with E-state index in [-0.39, 0.29) is 30.5 Å². The molecule has 0 saturated carbocycles. The lowest BCUT2D eigenvalue weighted by Crippen LogP contribution is -2.45. The van der Waals surface area contributed by atoms with Gasteiger partial charge in [-0.05, 0) is 84.8 Å². The Morgan fingerprint density at radius 2 is 1.69 bits per heavy atom. The number of fused-ring (bicyclic) bond motifs is 1. The predicted molar refractivity (Wildman–Crippen MR) is 203 cm³/mol. The molecule has 0 spiro atoms. The van der Waals surface area contributed by atoms with Gasteiger partial charge in [-0.15, -0.1) is 0 Å². The monoisotopic (exact) mass is 712 g/mol. The molecular formula is C42H50ClFN4O3. The van der Waals surface area contributed by atoms with E-state index < -0.39 is 23.9 Å². The number of hydrogen-bond donors (Lipinski definition) is 3. The molecule has 1 heterocycles. The third kappa shape index (κ3) is 10.7. The van der Waals surface area contributed by atoms with Crippen molar-refractivity contribution in [2.24, 2.45) is 5.41 Å². The summed E-state index contributed by atoms with van der Waals surface area (Å²) in [6.07, 6.45) is 0.819. The lowest BCUT2D eigenvalue weighted by molar-refractivity contribution is -0.138. The van der Waals surface area contributed by atoms with Gasteiger partial charge in [-0.3, -0.25) is 20.2 Å². The van der Waals surface area contributed by atoms with Crippen LogP contribution >= 0.6 is 11.6 Å². The van der Waals surface area contributed by atoms with Gasteiger partial charge in [0.1, 0.15) is 18.0 Å². The zero-order valence-corrected chi connectivity index (χ0v) is 30.8. The van der Waals surface area contributed by atoms with Crippen LogP contribution < -0.4 is 20.9 Å². The summed E-state index contributed by atoms with van der Waals surface area (Å²) in [4.78, 5) is 29.4. The number of nitrogens with zero attached hydrogens (tertiary/aromatic N) is 1. The topological polar surface area (TPSA) is 82.7 Å². The van der Waals surface area contributed by atoms with Gasteiger partial charge >= 0.3 is 0 Å². The lowest BCUT2D eigenvalue weighted by atomic mass is 9.93. The quantitative estimate of drug-likeness (QED) is 0.0854. The molecule has 3 unspecified atom stereocenters. The molecule has 3 atom stereocenters. The van der Waals surface area contributed by atoms with Crippen molar-refractivity contribution in [2.75, 3.05) is 24.5 Å². The van der Waals surface area contributed by atoms with E-state index in [0.717, 1.165) is 49.0 Å². The van der Waals surface area contributed by atoms with E-state index in [1.165, 1.54) is 11.6 Å². The fourth-order valence-corrected chi connectivity index (χ4v) is 6.54. The van der Waals surface area contributed by atoms with Crippen LogP contribution in [0.25, 0.3) is 0 Å². The molecular weight excluding hydrogens is 663 g/mol. The molecule has 0 radical (unpaired) electrons. The Hall–Kier alpha value is -4.08. The fourth-order valence-electron chi connectivity index (χ4n) is 6.36. The zero-order valence-electron chi connectivity index (χ0n) is 30.1. The summed E-state index contributed by atoms with van der Waals surface area (Å²) in [5.41, 5.74) is 4.75. The third-order valence-electron chi connectivity index (χ3n) is 8.82. The van der Waals surface area contributed by atoms with Gasteiger partial charge in [0, 0.05) is 34.9 Å². The number of halogens is 2. The van der Waals surface area contributed by atoms with E-state index in [1.54, 1.807) is 29.2 Å². The van der Waals surface area contributed by atoms with Crippen molar-refractivity contribution in [1.29, 1.82) is 0 Å². The summed E-state index contributed by atoms with van der Waals surface area (Å²) in [6, 6.07) is 30.5. The highest BCUT2D eigenvalue weighted by Crippen LogP contribution is 2.41. The van der Waals surface area contributed by atoms with Gasteiger partial charge in [0.15, 0.2) is 0 Å².